The number of rotatable bonds is 2. The number of carboxylic acids is 1. The molecular weight excluding hydrogens is 280 g/mol. The number of carbonyl (C=O) groups is 2. The molecule has 118 valence electrons. The maximum atomic E-state index is 12.4. The summed E-state index contributed by atoms with van der Waals surface area (Å²) in [6, 6.07) is 8.30. The lowest BCUT2D eigenvalue weighted by molar-refractivity contribution is -0.143. The van der Waals surface area contributed by atoms with Crippen LogP contribution in [0, 0.1) is 5.92 Å². The first-order chi connectivity index (χ1) is 10.6. The predicted molar refractivity (Wildman–Crippen MR) is 82.6 cm³/mol. The number of carboxylic acid groups (broad SMARTS) is 1. The van der Waals surface area contributed by atoms with Gasteiger partial charge in [0.25, 0.3) is 0 Å². The molecule has 22 heavy (non-hydrogen) atoms. The van der Waals surface area contributed by atoms with E-state index in [1.54, 1.807) is 4.90 Å². The van der Waals surface area contributed by atoms with Gasteiger partial charge in [-0.05, 0) is 43.2 Å². The fourth-order valence-corrected chi connectivity index (χ4v) is 3.47. The number of aliphatic carboxylic acids is 1. The molecule has 1 aromatic carbocycles. The third kappa shape index (κ3) is 3.08. The number of likely N-dealkylation sites (tertiary alicyclic amines) is 1. The number of hydrogen-bond donors (Lipinski definition) is 2. The maximum Gasteiger partial charge on any atom is 0.317 e. The summed E-state index contributed by atoms with van der Waals surface area (Å²) in [5.74, 6) is -1.05. The highest BCUT2D eigenvalue weighted by molar-refractivity contribution is 5.76. The summed E-state index contributed by atoms with van der Waals surface area (Å²) in [6.07, 6.45) is 4.22. The fraction of sp³-hybridized carbons (Fsp3) is 0.529. The molecule has 1 saturated heterocycles. The van der Waals surface area contributed by atoms with Gasteiger partial charge in [-0.2, -0.15) is 0 Å². The van der Waals surface area contributed by atoms with Crippen molar-refractivity contribution in [2.24, 2.45) is 5.92 Å². The van der Waals surface area contributed by atoms with Crippen LogP contribution in [0.1, 0.15) is 42.9 Å². The van der Waals surface area contributed by atoms with Gasteiger partial charge in [0.1, 0.15) is 0 Å². The largest absolute Gasteiger partial charge is 0.481 e. The van der Waals surface area contributed by atoms with Crippen molar-refractivity contribution >= 4 is 12.0 Å². The van der Waals surface area contributed by atoms with Gasteiger partial charge >= 0.3 is 12.0 Å². The third-order valence-corrected chi connectivity index (χ3v) is 4.80. The molecule has 0 aromatic heterocycles. The first-order valence-corrected chi connectivity index (χ1v) is 8.01. The number of nitrogens with zero attached hydrogens (tertiary/aromatic N) is 1. The molecule has 1 unspecified atom stereocenters. The Labute approximate surface area is 130 Å². The van der Waals surface area contributed by atoms with Crippen molar-refractivity contribution < 1.29 is 14.7 Å². The number of aryl methyl sites for hydroxylation is 1. The normalized spacial score (nSPS) is 22.0. The Bertz CT molecular complexity index is 565. The van der Waals surface area contributed by atoms with Crippen LogP contribution in [0.5, 0.6) is 0 Å². The minimum absolute atomic E-state index is 0.0643. The van der Waals surface area contributed by atoms with Gasteiger partial charge in [-0.25, -0.2) is 4.79 Å². The summed E-state index contributed by atoms with van der Waals surface area (Å²) in [7, 11) is 0. The number of fused-ring (bicyclic) bond motifs is 1. The number of amides is 2. The van der Waals surface area contributed by atoms with Gasteiger partial charge in [0.2, 0.25) is 0 Å². The van der Waals surface area contributed by atoms with Gasteiger partial charge in [-0.3, -0.25) is 4.79 Å². The van der Waals surface area contributed by atoms with Crippen LogP contribution in [-0.2, 0) is 11.2 Å². The number of urea groups is 1. The Morgan fingerprint density at radius 1 is 1.14 bits per heavy atom. The molecule has 3 rings (SSSR count). The van der Waals surface area contributed by atoms with Crippen molar-refractivity contribution in [1.29, 1.82) is 0 Å². The number of piperidine rings is 1. The Balaban J connectivity index is 1.60. The monoisotopic (exact) mass is 302 g/mol. The Morgan fingerprint density at radius 2 is 1.86 bits per heavy atom. The van der Waals surface area contributed by atoms with Crippen molar-refractivity contribution in [3.05, 3.63) is 35.4 Å². The van der Waals surface area contributed by atoms with E-state index >= 15 is 0 Å². The lowest BCUT2D eigenvalue weighted by Gasteiger charge is -2.33. The topological polar surface area (TPSA) is 69.6 Å². The van der Waals surface area contributed by atoms with E-state index in [9.17, 15) is 9.59 Å². The average molecular weight is 302 g/mol. The van der Waals surface area contributed by atoms with Crippen LogP contribution < -0.4 is 5.32 Å². The molecule has 2 amide bonds. The molecule has 1 fully saturated rings. The number of nitrogens with one attached hydrogen (secondary N) is 1. The number of carbonyl (C=O) groups excluding carboxylic acids is 1. The second kappa shape index (κ2) is 6.38. The zero-order valence-electron chi connectivity index (χ0n) is 12.6. The van der Waals surface area contributed by atoms with Crippen LogP contribution in [0.3, 0.4) is 0 Å². The van der Waals surface area contributed by atoms with Crippen LogP contribution in [0.2, 0.25) is 0 Å². The SMILES string of the molecule is O=C(O)C1CCN(C(=O)NC2CCCc3ccccc32)CC1. The molecule has 1 atom stereocenters. The van der Waals surface area contributed by atoms with Gasteiger partial charge in [0, 0.05) is 13.1 Å². The molecule has 0 saturated carbocycles. The van der Waals surface area contributed by atoms with Crippen molar-refractivity contribution in [3.63, 3.8) is 0 Å². The first-order valence-electron chi connectivity index (χ1n) is 8.01. The molecule has 1 aromatic rings. The minimum atomic E-state index is -0.749. The predicted octanol–water partition coefficient (Wildman–Crippen LogP) is 2.57. The molecule has 5 nitrogen and oxygen atoms in total. The molecule has 1 aliphatic carbocycles. The maximum absolute atomic E-state index is 12.4. The molecule has 1 aliphatic heterocycles. The van der Waals surface area contributed by atoms with E-state index in [4.69, 9.17) is 5.11 Å². The second-order valence-corrected chi connectivity index (χ2v) is 6.19. The summed E-state index contributed by atoms with van der Waals surface area (Å²) in [5.41, 5.74) is 2.55. The summed E-state index contributed by atoms with van der Waals surface area (Å²) in [4.78, 5) is 25.1. The zero-order valence-corrected chi connectivity index (χ0v) is 12.6. The summed E-state index contributed by atoms with van der Waals surface area (Å²) in [5, 5.41) is 12.1. The summed E-state index contributed by atoms with van der Waals surface area (Å²) >= 11 is 0. The van der Waals surface area contributed by atoms with E-state index in [2.05, 4.69) is 17.4 Å². The minimum Gasteiger partial charge on any atom is -0.481 e. The van der Waals surface area contributed by atoms with Gasteiger partial charge in [0.15, 0.2) is 0 Å². The van der Waals surface area contributed by atoms with Crippen molar-refractivity contribution in [2.75, 3.05) is 13.1 Å². The van der Waals surface area contributed by atoms with Crippen LogP contribution in [0.15, 0.2) is 24.3 Å². The zero-order chi connectivity index (χ0) is 15.5. The lowest BCUT2D eigenvalue weighted by Crippen LogP contribution is -2.46. The molecule has 2 aliphatic rings. The molecule has 0 spiro atoms. The van der Waals surface area contributed by atoms with E-state index < -0.39 is 5.97 Å². The smallest absolute Gasteiger partial charge is 0.317 e. The highest BCUT2D eigenvalue weighted by atomic mass is 16.4. The van der Waals surface area contributed by atoms with Gasteiger partial charge in [-0.15, -0.1) is 0 Å². The van der Waals surface area contributed by atoms with Crippen molar-refractivity contribution in [1.82, 2.24) is 10.2 Å². The number of benzene rings is 1. The molecule has 2 N–H and O–H groups in total. The van der Waals surface area contributed by atoms with Crippen molar-refractivity contribution in [3.8, 4) is 0 Å². The molecule has 0 bridgehead atoms. The van der Waals surface area contributed by atoms with Gasteiger partial charge in [-0.1, -0.05) is 24.3 Å². The second-order valence-electron chi connectivity index (χ2n) is 6.19. The van der Waals surface area contributed by atoms with Crippen LogP contribution >= 0.6 is 0 Å². The molecule has 1 heterocycles. The van der Waals surface area contributed by atoms with E-state index in [0.29, 0.717) is 25.9 Å². The highest BCUT2D eigenvalue weighted by Crippen LogP contribution is 2.29. The van der Waals surface area contributed by atoms with E-state index in [0.717, 1.165) is 19.3 Å². The fourth-order valence-electron chi connectivity index (χ4n) is 3.47. The third-order valence-electron chi connectivity index (χ3n) is 4.80. The van der Waals surface area contributed by atoms with Crippen LogP contribution in [0.25, 0.3) is 0 Å². The van der Waals surface area contributed by atoms with Crippen LogP contribution in [-0.4, -0.2) is 35.1 Å². The van der Waals surface area contributed by atoms with E-state index in [1.807, 2.05) is 12.1 Å². The summed E-state index contributed by atoms with van der Waals surface area (Å²) in [6.45, 7) is 1.05. The quantitative estimate of drug-likeness (QED) is 0.882. The summed E-state index contributed by atoms with van der Waals surface area (Å²) < 4.78 is 0. The van der Waals surface area contributed by atoms with Gasteiger partial charge < -0.3 is 15.3 Å². The highest BCUT2D eigenvalue weighted by Gasteiger charge is 2.29. The van der Waals surface area contributed by atoms with E-state index in [1.165, 1.54) is 11.1 Å². The number of hydrogen-bond acceptors (Lipinski definition) is 2. The van der Waals surface area contributed by atoms with Gasteiger partial charge in [0.05, 0.1) is 12.0 Å². The lowest BCUT2D eigenvalue weighted by atomic mass is 9.88. The van der Waals surface area contributed by atoms with Crippen molar-refractivity contribution in [2.45, 2.75) is 38.1 Å². The standard InChI is InChI=1S/C17H22N2O3/c20-16(21)13-8-10-19(11-9-13)17(22)18-15-7-3-5-12-4-1-2-6-14(12)15/h1-2,4,6,13,15H,3,5,7-11H2,(H,18,22)(H,20,21). The Hall–Kier alpha value is -2.04. The molecule has 0 radical (unpaired) electrons. The molecule has 5 heteroatoms. The van der Waals surface area contributed by atoms with E-state index in [-0.39, 0.29) is 18.0 Å². The Kier molecular flexibility index (Phi) is 4.32. The molecular formula is C17H22N2O3. The first kappa shape index (κ1) is 14.9. The Morgan fingerprint density at radius 3 is 2.59 bits per heavy atom. The average Bonchev–Trinajstić information content (AvgIpc) is 2.55. The van der Waals surface area contributed by atoms with Crippen LogP contribution in [0.4, 0.5) is 4.79 Å².